The minimum Gasteiger partial charge on any atom is -0.544 e. The van der Waals surface area contributed by atoms with Gasteiger partial charge >= 0.3 is 0 Å². The Morgan fingerprint density at radius 3 is 2.15 bits per heavy atom. The lowest BCUT2D eigenvalue weighted by molar-refractivity contribution is -0.895. The summed E-state index contributed by atoms with van der Waals surface area (Å²) in [6.45, 7) is 9.19. The molecule has 0 aliphatic rings. The van der Waals surface area contributed by atoms with Gasteiger partial charge in [0.25, 0.3) is 0 Å². The van der Waals surface area contributed by atoms with Crippen LogP contribution < -0.4 is 5.11 Å². The average Bonchev–Trinajstić information content (AvgIpc) is 2.42. The molecule has 0 heterocycles. The number of aliphatic hydroxyl groups is 1. The van der Waals surface area contributed by atoms with E-state index in [1.54, 1.807) is 6.20 Å². The molecular weight excluding hydrogens is 254 g/mol. The molecule has 4 nitrogen and oxygen atoms in total. The summed E-state index contributed by atoms with van der Waals surface area (Å²) in [5.74, 6) is -0.726. The molecule has 4 heteroatoms. The van der Waals surface area contributed by atoms with Crippen LogP contribution in [0.1, 0.15) is 66.2 Å². The van der Waals surface area contributed by atoms with Crippen molar-refractivity contribution in [2.24, 2.45) is 0 Å². The second-order valence-corrected chi connectivity index (χ2v) is 5.41. The van der Waals surface area contributed by atoms with Crippen LogP contribution in [0.3, 0.4) is 0 Å². The van der Waals surface area contributed by atoms with Crippen molar-refractivity contribution >= 4 is 5.97 Å². The minimum absolute atomic E-state index is 0.262. The van der Waals surface area contributed by atoms with Gasteiger partial charge in [-0.05, 0) is 20.3 Å². The third-order valence-electron chi connectivity index (χ3n) is 4.15. The Morgan fingerprint density at radius 1 is 1.15 bits per heavy atom. The molecule has 0 bridgehead atoms. The lowest BCUT2D eigenvalue weighted by Gasteiger charge is -2.40. The predicted molar refractivity (Wildman–Crippen MR) is 79.9 cm³/mol. The number of nitrogens with zero attached hydrogens (tertiary/aromatic N) is 1. The van der Waals surface area contributed by atoms with E-state index in [-0.39, 0.29) is 4.48 Å². The van der Waals surface area contributed by atoms with Crippen LogP contribution >= 0.6 is 0 Å². The Bertz CT molecular complexity index is 309. The summed E-state index contributed by atoms with van der Waals surface area (Å²) in [5, 5.41) is 21.4. The van der Waals surface area contributed by atoms with Crippen LogP contribution in [0, 0.1) is 0 Å². The maximum atomic E-state index is 11.3. The van der Waals surface area contributed by atoms with E-state index in [1.165, 1.54) is 6.42 Å². The summed E-state index contributed by atoms with van der Waals surface area (Å²) in [4.78, 5) is 11.3. The summed E-state index contributed by atoms with van der Waals surface area (Å²) in [5.41, 5.74) is 0. The largest absolute Gasteiger partial charge is 0.544 e. The van der Waals surface area contributed by atoms with Gasteiger partial charge in [-0.3, -0.25) is 4.48 Å². The molecule has 118 valence electrons. The van der Waals surface area contributed by atoms with Crippen molar-refractivity contribution in [2.75, 3.05) is 13.1 Å². The monoisotopic (exact) mass is 285 g/mol. The molecule has 1 atom stereocenters. The Morgan fingerprint density at radius 2 is 1.75 bits per heavy atom. The molecule has 0 amide bonds. The number of allylic oxidation sites excluding steroid dienone is 1. The van der Waals surface area contributed by atoms with Gasteiger partial charge < -0.3 is 15.0 Å². The van der Waals surface area contributed by atoms with Crippen molar-refractivity contribution in [3.8, 4) is 0 Å². The van der Waals surface area contributed by atoms with Gasteiger partial charge in [0, 0.05) is 12.8 Å². The van der Waals surface area contributed by atoms with Crippen molar-refractivity contribution < 1.29 is 19.5 Å². The maximum Gasteiger partial charge on any atom is 0.145 e. The van der Waals surface area contributed by atoms with E-state index in [4.69, 9.17) is 0 Å². The van der Waals surface area contributed by atoms with Gasteiger partial charge in [-0.25, -0.2) is 0 Å². The van der Waals surface area contributed by atoms with Gasteiger partial charge in [0.15, 0.2) is 0 Å². The van der Waals surface area contributed by atoms with Crippen molar-refractivity contribution in [2.45, 2.75) is 72.3 Å². The number of aliphatic carboxylic acids is 1. The first kappa shape index (κ1) is 19.0. The fourth-order valence-electron chi connectivity index (χ4n) is 2.77. The van der Waals surface area contributed by atoms with E-state index in [2.05, 4.69) is 6.92 Å². The quantitative estimate of drug-likeness (QED) is 0.361. The normalized spacial score (nSPS) is 14.3. The topological polar surface area (TPSA) is 60.4 Å². The summed E-state index contributed by atoms with van der Waals surface area (Å²) < 4.78 is 0.262. The zero-order chi connectivity index (χ0) is 15.6. The highest BCUT2D eigenvalue weighted by Crippen LogP contribution is 2.20. The highest BCUT2D eigenvalue weighted by molar-refractivity contribution is 5.69. The van der Waals surface area contributed by atoms with Crippen LogP contribution in [0.25, 0.3) is 0 Å². The number of carbonyl (C=O) groups is 1. The first-order valence-corrected chi connectivity index (χ1v) is 7.95. The van der Waals surface area contributed by atoms with Crippen LogP contribution in [0.5, 0.6) is 0 Å². The molecule has 0 aromatic carbocycles. The van der Waals surface area contributed by atoms with Gasteiger partial charge in [-0.2, -0.15) is 0 Å². The minimum atomic E-state index is -1.04. The summed E-state index contributed by atoms with van der Waals surface area (Å²) in [6.07, 6.45) is 7.25. The molecule has 1 N–H and O–H groups in total. The molecular formula is C16H31NO3. The van der Waals surface area contributed by atoms with E-state index in [1.807, 2.05) is 20.8 Å². The molecule has 0 aliphatic carbocycles. The molecule has 0 radical (unpaired) electrons. The zero-order valence-electron chi connectivity index (χ0n) is 13.5. The van der Waals surface area contributed by atoms with Gasteiger partial charge in [-0.1, -0.05) is 33.1 Å². The number of carboxylic acids is 1. The Labute approximate surface area is 123 Å². The Kier molecular flexibility index (Phi) is 9.30. The van der Waals surface area contributed by atoms with E-state index in [9.17, 15) is 15.0 Å². The number of carbonyl (C=O) groups excluding carboxylic acids is 1. The molecule has 20 heavy (non-hydrogen) atoms. The average molecular weight is 285 g/mol. The molecule has 0 spiro atoms. The number of carboxylic acid groups (broad SMARTS) is 1. The molecule has 0 aromatic heterocycles. The van der Waals surface area contributed by atoms with Crippen molar-refractivity contribution in [3.05, 3.63) is 12.0 Å². The van der Waals surface area contributed by atoms with Crippen LogP contribution in [0.15, 0.2) is 12.0 Å². The second kappa shape index (κ2) is 9.81. The van der Waals surface area contributed by atoms with Gasteiger partial charge in [0.2, 0.25) is 0 Å². The zero-order valence-corrected chi connectivity index (χ0v) is 13.5. The summed E-state index contributed by atoms with van der Waals surface area (Å²) in [6, 6.07) is -0.595. The fourth-order valence-corrected chi connectivity index (χ4v) is 2.77. The number of aliphatic hydroxyl groups excluding tert-OH is 1. The lowest BCUT2D eigenvalue weighted by atomic mass is 10.1. The predicted octanol–water partition coefficient (Wildman–Crippen LogP) is 2.74. The van der Waals surface area contributed by atoms with Crippen molar-refractivity contribution in [3.63, 3.8) is 0 Å². The van der Waals surface area contributed by atoms with E-state index in [0.717, 1.165) is 19.3 Å². The fraction of sp³-hybridized carbons (Fsp3) is 0.812. The third-order valence-corrected chi connectivity index (χ3v) is 4.15. The molecule has 0 fully saturated rings. The maximum absolute atomic E-state index is 11.3. The molecule has 0 aromatic rings. The molecule has 0 aliphatic heterocycles. The number of quaternary nitrogens is 1. The van der Waals surface area contributed by atoms with Crippen LogP contribution in [-0.2, 0) is 4.79 Å². The second-order valence-electron chi connectivity index (χ2n) is 5.41. The standard InChI is InChI=1S/C16H31NO3/c1-5-9-10-11-12-14(18)13-17(7-3,8-4)15(6-2)16(19)20/h13,15H,5-12H2,1-4H3,(H-,18,19,20)/b14-13-. The molecule has 0 saturated carbocycles. The van der Waals surface area contributed by atoms with Crippen LogP contribution in [0.2, 0.25) is 0 Å². The Balaban J connectivity index is 4.92. The number of hydrogen-bond acceptors (Lipinski definition) is 3. The van der Waals surface area contributed by atoms with E-state index >= 15 is 0 Å². The number of likely N-dealkylation sites (N-methyl/N-ethyl adjacent to an activating group) is 1. The first-order valence-electron chi connectivity index (χ1n) is 7.95. The van der Waals surface area contributed by atoms with Gasteiger partial charge in [-0.15, -0.1) is 0 Å². The number of rotatable bonds is 11. The molecule has 0 rings (SSSR count). The van der Waals surface area contributed by atoms with E-state index in [0.29, 0.717) is 31.7 Å². The van der Waals surface area contributed by atoms with Gasteiger partial charge in [0.1, 0.15) is 18.0 Å². The first-order chi connectivity index (χ1) is 9.47. The summed E-state index contributed by atoms with van der Waals surface area (Å²) >= 11 is 0. The van der Waals surface area contributed by atoms with Crippen molar-refractivity contribution in [1.82, 2.24) is 0 Å². The number of hydrogen-bond donors (Lipinski definition) is 1. The smallest absolute Gasteiger partial charge is 0.145 e. The Hall–Kier alpha value is -1.03. The highest BCUT2D eigenvalue weighted by Gasteiger charge is 2.33. The lowest BCUT2D eigenvalue weighted by Crippen LogP contribution is -2.58. The third kappa shape index (κ3) is 5.53. The molecule has 0 saturated heterocycles. The van der Waals surface area contributed by atoms with E-state index < -0.39 is 12.0 Å². The van der Waals surface area contributed by atoms with Crippen molar-refractivity contribution in [1.29, 1.82) is 0 Å². The van der Waals surface area contributed by atoms with Gasteiger partial charge in [0.05, 0.1) is 19.1 Å². The van der Waals surface area contributed by atoms with Crippen LogP contribution in [-0.4, -0.2) is 34.7 Å². The molecule has 1 unspecified atom stereocenters. The SMILES string of the molecule is CCCCCC/C(O)=C/[N+](CC)(CC)C(CC)C(=O)[O-]. The highest BCUT2D eigenvalue weighted by atomic mass is 16.4. The number of unbranched alkanes of at least 4 members (excludes halogenated alkanes) is 3. The van der Waals surface area contributed by atoms with Crippen LogP contribution in [0.4, 0.5) is 0 Å². The summed E-state index contributed by atoms with van der Waals surface area (Å²) in [7, 11) is 0.